The number of ether oxygens (including phenoxy) is 1. The van der Waals surface area contributed by atoms with Crippen LogP contribution < -0.4 is 5.73 Å². The summed E-state index contributed by atoms with van der Waals surface area (Å²) in [5.41, 5.74) is 5.42. The van der Waals surface area contributed by atoms with Crippen LogP contribution in [0.3, 0.4) is 0 Å². The zero-order valence-corrected chi connectivity index (χ0v) is 6.92. The number of hydrogen-bond acceptors (Lipinski definition) is 5. The van der Waals surface area contributed by atoms with Crippen molar-refractivity contribution >= 4 is 0 Å². The second-order valence-corrected chi connectivity index (χ2v) is 3.17. The van der Waals surface area contributed by atoms with Crippen LogP contribution in [0.1, 0.15) is 6.92 Å². The van der Waals surface area contributed by atoms with Crippen LogP contribution in [-0.4, -0.2) is 46.5 Å². The largest absolute Gasteiger partial charge is 0.394 e. The van der Waals surface area contributed by atoms with Gasteiger partial charge in [-0.2, -0.15) is 0 Å². The van der Waals surface area contributed by atoms with Crippen LogP contribution in [0.5, 0.6) is 0 Å². The van der Waals surface area contributed by atoms with Crippen LogP contribution in [0.4, 0.5) is 0 Å². The molecule has 0 amide bonds. The fraction of sp³-hybridized carbons (Fsp3) is 1.00. The molecule has 72 valence electrons. The highest BCUT2D eigenvalue weighted by Crippen LogP contribution is 2.23. The topological polar surface area (TPSA) is 95.9 Å². The lowest BCUT2D eigenvalue weighted by Gasteiger charge is -2.39. The van der Waals surface area contributed by atoms with Gasteiger partial charge in [-0.1, -0.05) is 6.92 Å². The van der Waals surface area contributed by atoms with Crippen LogP contribution in [0.2, 0.25) is 0 Å². The van der Waals surface area contributed by atoms with Gasteiger partial charge < -0.3 is 25.8 Å². The van der Waals surface area contributed by atoms with E-state index in [4.69, 9.17) is 20.7 Å². The van der Waals surface area contributed by atoms with Gasteiger partial charge in [0.1, 0.15) is 0 Å². The lowest BCUT2D eigenvalue weighted by Crippen LogP contribution is -2.58. The Kier molecular flexibility index (Phi) is 3.03. The molecule has 1 aliphatic heterocycles. The van der Waals surface area contributed by atoms with Crippen molar-refractivity contribution in [2.75, 3.05) is 6.61 Å². The fourth-order valence-electron chi connectivity index (χ4n) is 1.34. The molecular formula is C7H15NO4. The molecule has 5 nitrogen and oxygen atoms in total. The van der Waals surface area contributed by atoms with E-state index < -0.39 is 24.5 Å². The summed E-state index contributed by atoms with van der Waals surface area (Å²) in [5, 5.41) is 27.4. The lowest BCUT2D eigenvalue weighted by atomic mass is 9.90. The van der Waals surface area contributed by atoms with Crippen LogP contribution >= 0.6 is 0 Å². The first-order valence-corrected chi connectivity index (χ1v) is 3.96. The molecular weight excluding hydrogens is 162 g/mol. The van der Waals surface area contributed by atoms with E-state index in [-0.39, 0.29) is 12.5 Å². The molecule has 0 bridgehead atoms. The van der Waals surface area contributed by atoms with E-state index in [1.54, 1.807) is 6.92 Å². The van der Waals surface area contributed by atoms with Crippen molar-refractivity contribution in [2.24, 2.45) is 11.7 Å². The normalized spacial score (nSPS) is 49.2. The van der Waals surface area contributed by atoms with Gasteiger partial charge in [0.2, 0.25) is 0 Å². The molecule has 12 heavy (non-hydrogen) atoms. The van der Waals surface area contributed by atoms with Crippen LogP contribution in [-0.2, 0) is 4.74 Å². The van der Waals surface area contributed by atoms with E-state index in [0.717, 1.165) is 0 Å². The highest BCUT2D eigenvalue weighted by Gasteiger charge is 2.39. The Labute approximate surface area is 70.8 Å². The molecule has 1 aliphatic rings. The van der Waals surface area contributed by atoms with Crippen molar-refractivity contribution in [3.05, 3.63) is 0 Å². The minimum atomic E-state index is -1.19. The number of hydrogen-bond donors (Lipinski definition) is 4. The van der Waals surface area contributed by atoms with Gasteiger partial charge in [0, 0.05) is 5.92 Å². The zero-order chi connectivity index (χ0) is 9.30. The highest BCUT2D eigenvalue weighted by molar-refractivity contribution is 4.88. The smallest absolute Gasteiger partial charge is 0.172 e. The molecule has 1 fully saturated rings. The average molecular weight is 177 g/mol. The summed E-state index contributed by atoms with van der Waals surface area (Å²) in [6, 6.07) is -0.789. The molecule has 0 aliphatic carbocycles. The summed E-state index contributed by atoms with van der Waals surface area (Å²) in [6.07, 6.45) is -2.55. The van der Waals surface area contributed by atoms with Gasteiger partial charge >= 0.3 is 0 Å². The van der Waals surface area contributed by atoms with Crippen molar-refractivity contribution in [3.8, 4) is 0 Å². The molecule has 0 aromatic heterocycles. The quantitative estimate of drug-likeness (QED) is 0.372. The first-order valence-electron chi connectivity index (χ1n) is 3.96. The Morgan fingerprint density at radius 2 is 2.00 bits per heavy atom. The minimum absolute atomic E-state index is 0.220. The second kappa shape index (κ2) is 3.68. The molecule has 0 saturated carbocycles. The molecule has 0 aromatic rings. The number of aliphatic hydroxyl groups is 3. The summed E-state index contributed by atoms with van der Waals surface area (Å²) in [7, 11) is 0. The average Bonchev–Trinajstić information content (AvgIpc) is 2.08. The first-order chi connectivity index (χ1) is 5.57. The molecule has 1 rings (SSSR count). The standard InChI is InChI=1S/C7H15NO4/c1-3-4(2-9)12-7(11)5(8)6(3)10/h3-7,9-11H,2,8H2,1H3/t3-,4?,5?,6?,7?/m1/s1. The number of aliphatic hydroxyl groups excluding tert-OH is 3. The Morgan fingerprint density at radius 1 is 1.42 bits per heavy atom. The van der Waals surface area contributed by atoms with Crippen molar-refractivity contribution in [3.63, 3.8) is 0 Å². The number of nitrogens with two attached hydrogens (primary N) is 1. The van der Waals surface area contributed by atoms with Crippen LogP contribution in [0.25, 0.3) is 0 Å². The summed E-state index contributed by atoms with van der Waals surface area (Å²) >= 11 is 0. The van der Waals surface area contributed by atoms with E-state index >= 15 is 0 Å². The number of rotatable bonds is 1. The van der Waals surface area contributed by atoms with E-state index in [0.29, 0.717) is 0 Å². The van der Waals surface area contributed by atoms with Crippen molar-refractivity contribution in [1.29, 1.82) is 0 Å². The van der Waals surface area contributed by atoms with E-state index in [2.05, 4.69) is 0 Å². The Bertz CT molecular complexity index is 150. The van der Waals surface area contributed by atoms with Crippen molar-refractivity contribution in [1.82, 2.24) is 0 Å². The minimum Gasteiger partial charge on any atom is -0.394 e. The summed E-state index contributed by atoms with van der Waals surface area (Å²) < 4.78 is 4.95. The SMILES string of the molecule is C[C@@H]1C(CO)OC(O)C(N)C1O. The van der Waals surface area contributed by atoms with Gasteiger partial charge in [-0.25, -0.2) is 0 Å². The lowest BCUT2D eigenvalue weighted by molar-refractivity contribution is -0.229. The Balaban J connectivity index is 2.63. The molecule has 4 unspecified atom stereocenters. The monoisotopic (exact) mass is 177 g/mol. The van der Waals surface area contributed by atoms with Crippen molar-refractivity contribution < 1.29 is 20.1 Å². The zero-order valence-electron chi connectivity index (χ0n) is 6.92. The predicted octanol–water partition coefficient (Wildman–Crippen LogP) is -1.98. The third-order valence-electron chi connectivity index (χ3n) is 2.34. The summed E-state index contributed by atoms with van der Waals surface area (Å²) in [5.74, 6) is -0.256. The van der Waals surface area contributed by atoms with Gasteiger partial charge in [0.05, 0.1) is 24.9 Å². The van der Waals surface area contributed by atoms with Gasteiger partial charge in [-0.3, -0.25) is 0 Å². The molecule has 0 spiro atoms. The van der Waals surface area contributed by atoms with Gasteiger partial charge in [-0.05, 0) is 0 Å². The third kappa shape index (κ3) is 1.60. The maximum absolute atomic E-state index is 9.44. The summed E-state index contributed by atoms with van der Waals surface area (Å²) in [6.45, 7) is 1.50. The van der Waals surface area contributed by atoms with Gasteiger partial charge in [0.15, 0.2) is 6.29 Å². The maximum atomic E-state index is 9.44. The molecule has 1 heterocycles. The molecule has 5 atom stereocenters. The summed E-state index contributed by atoms with van der Waals surface area (Å²) in [4.78, 5) is 0. The fourth-order valence-corrected chi connectivity index (χ4v) is 1.34. The van der Waals surface area contributed by atoms with Gasteiger partial charge in [-0.15, -0.1) is 0 Å². The third-order valence-corrected chi connectivity index (χ3v) is 2.34. The molecule has 5 N–H and O–H groups in total. The second-order valence-electron chi connectivity index (χ2n) is 3.17. The van der Waals surface area contributed by atoms with E-state index in [1.807, 2.05) is 0 Å². The Hall–Kier alpha value is -0.200. The molecule has 1 saturated heterocycles. The van der Waals surface area contributed by atoms with Gasteiger partial charge in [0.25, 0.3) is 0 Å². The first kappa shape index (κ1) is 9.88. The highest BCUT2D eigenvalue weighted by atomic mass is 16.6. The van der Waals surface area contributed by atoms with Crippen LogP contribution in [0.15, 0.2) is 0 Å². The van der Waals surface area contributed by atoms with E-state index in [1.165, 1.54) is 0 Å². The predicted molar refractivity (Wildman–Crippen MR) is 41.1 cm³/mol. The Morgan fingerprint density at radius 3 is 2.50 bits per heavy atom. The van der Waals surface area contributed by atoms with E-state index in [9.17, 15) is 5.11 Å². The molecule has 0 aromatic carbocycles. The maximum Gasteiger partial charge on any atom is 0.172 e. The molecule has 5 heteroatoms. The molecule has 0 radical (unpaired) electrons. The van der Waals surface area contributed by atoms with Crippen LogP contribution in [0, 0.1) is 5.92 Å². The van der Waals surface area contributed by atoms with Crippen molar-refractivity contribution in [2.45, 2.75) is 31.5 Å².